The molecule has 0 fully saturated rings. The van der Waals surface area contributed by atoms with Gasteiger partial charge < -0.3 is 10.6 Å². The third-order valence-electron chi connectivity index (χ3n) is 4.79. The van der Waals surface area contributed by atoms with E-state index in [1.807, 2.05) is 38.1 Å². The number of pyridine rings is 1. The van der Waals surface area contributed by atoms with Crippen molar-refractivity contribution in [2.75, 3.05) is 17.2 Å². The molecule has 3 N–H and O–H groups in total. The minimum atomic E-state index is -0.664. The molecule has 0 radical (unpaired) electrons. The molecule has 152 valence electrons. The highest BCUT2D eigenvalue weighted by Crippen LogP contribution is 2.23. The largest absolute Gasteiger partial charge is 0.383 e. The zero-order chi connectivity index (χ0) is 21.0. The van der Waals surface area contributed by atoms with Crippen LogP contribution in [-0.2, 0) is 6.54 Å². The second kappa shape index (κ2) is 8.72. The Labute approximate surface area is 168 Å². The summed E-state index contributed by atoms with van der Waals surface area (Å²) >= 11 is 0. The lowest BCUT2D eigenvalue weighted by atomic mass is 10.1. The highest BCUT2D eigenvalue weighted by molar-refractivity contribution is 6.14. The molecular formula is C21H25N5O3. The van der Waals surface area contributed by atoms with E-state index in [0.717, 1.165) is 6.42 Å². The monoisotopic (exact) mass is 395 g/mol. The van der Waals surface area contributed by atoms with Crippen LogP contribution in [0.4, 0.5) is 11.5 Å². The van der Waals surface area contributed by atoms with Crippen LogP contribution in [0.25, 0.3) is 10.9 Å². The fourth-order valence-electron chi connectivity index (χ4n) is 3.34. The van der Waals surface area contributed by atoms with Crippen molar-refractivity contribution in [2.45, 2.75) is 39.7 Å². The van der Waals surface area contributed by atoms with Gasteiger partial charge in [-0.3, -0.25) is 24.1 Å². The molecule has 0 aliphatic carbocycles. The Morgan fingerprint density at radius 1 is 1.17 bits per heavy atom. The number of nitrogens with zero attached hydrogens (tertiary/aromatic N) is 3. The van der Waals surface area contributed by atoms with Crippen LogP contribution in [0.1, 0.15) is 43.5 Å². The number of anilines is 2. The number of unbranched alkanes of at least 4 members (excludes halogenated alkanes) is 1. The van der Waals surface area contributed by atoms with E-state index in [0.29, 0.717) is 42.4 Å². The van der Waals surface area contributed by atoms with E-state index < -0.39 is 11.2 Å². The molecule has 0 bridgehead atoms. The topological polar surface area (TPSA) is 114 Å². The summed E-state index contributed by atoms with van der Waals surface area (Å²) in [4.78, 5) is 46.3. The van der Waals surface area contributed by atoms with Gasteiger partial charge in [-0.05, 0) is 25.0 Å². The number of aromatic nitrogens is 3. The summed E-state index contributed by atoms with van der Waals surface area (Å²) in [6, 6.07) is 8.96. The summed E-state index contributed by atoms with van der Waals surface area (Å²) in [6.45, 7) is 4.56. The van der Waals surface area contributed by atoms with Crippen molar-refractivity contribution in [3.05, 3.63) is 62.9 Å². The van der Waals surface area contributed by atoms with Crippen LogP contribution in [-0.4, -0.2) is 27.0 Å². The Bertz CT molecular complexity index is 1140. The summed E-state index contributed by atoms with van der Waals surface area (Å²) in [5.74, 6) is -0.348. The molecule has 0 saturated carbocycles. The summed E-state index contributed by atoms with van der Waals surface area (Å²) in [7, 11) is 0. The SMILES string of the molecule is CCCCN(C(=O)c1ccnc2ccccc12)c1c(N)n(CCC)c(=O)[nH]c1=O. The number of fused-ring (bicyclic) bond motifs is 1. The van der Waals surface area contributed by atoms with Gasteiger partial charge in [-0.25, -0.2) is 4.79 Å². The molecule has 3 rings (SSSR count). The predicted octanol–water partition coefficient (Wildman–Crippen LogP) is 2.52. The number of hydrogen-bond donors (Lipinski definition) is 2. The Hall–Kier alpha value is -3.42. The molecule has 29 heavy (non-hydrogen) atoms. The van der Waals surface area contributed by atoms with Gasteiger partial charge in [0.15, 0.2) is 5.69 Å². The summed E-state index contributed by atoms with van der Waals surface area (Å²) in [5, 5.41) is 0.693. The lowest BCUT2D eigenvalue weighted by Gasteiger charge is -2.25. The van der Waals surface area contributed by atoms with Gasteiger partial charge in [0.05, 0.1) is 11.1 Å². The lowest BCUT2D eigenvalue weighted by molar-refractivity contribution is 0.0987. The van der Waals surface area contributed by atoms with Crippen molar-refractivity contribution in [1.29, 1.82) is 0 Å². The van der Waals surface area contributed by atoms with Crippen molar-refractivity contribution in [3.63, 3.8) is 0 Å². The number of rotatable bonds is 7. The maximum Gasteiger partial charge on any atom is 0.330 e. The second-order valence-corrected chi connectivity index (χ2v) is 6.83. The van der Waals surface area contributed by atoms with Crippen LogP contribution >= 0.6 is 0 Å². The number of para-hydroxylation sites is 1. The predicted molar refractivity (Wildman–Crippen MR) is 114 cm³/mol. The van der Waals surface area contributed by atoms with Crippen LogP contribution in [0, 0.1) is 0 Å². The molecule has 8 heteroatoms. The van der Waals surface area contributed by atoms with Gasteiger partial charge >= 0.3 is 5.69 Å². The fraction of sp³-hybridized carbons (Fsp3) is 0.333. The van der Waals surface area contributed by atoms with E-state index in [1.54, 1.807) is 12.3 Å². The number of nitrogens with two attached hydrogens (primary N) is 1. The van der Waals surface area contributed by atoms with E-state index in [-0.39, 0.29) is 17.4 Å². The molecule has 0 aliphatic rings. The zero-order valence-corrected chi connectivity index (χ0v) is 16.6. The Morgan fingerprint density at radius 3 is 2.66 bits per heavy atom. The van der Waals surface area contributed by atoms with Gasteiger partial charge in [0.1, 0.15) is 5.82 Å². The van der Waals surface area contributed by atoms with Crippen LogP contribution in [0.2, 0.25) is 0 Å². The molecule has 0 atom stereocenters. The number of carbonyl (C=O) groups is 1. The molecule has 0 spiro atoms. The maximum atomic E-state index is 13.5. The van der Waals surface area contributed by atoms with Gasteiger partial charge in [-0.1, -0.05) is 38.5 Å². The number of aromatic amines is 1. The first-order valence-corrected chi connectivity index (χ1v) is 9.77. The highest BCUT2D eigenvalue weighted by Gasteiger charge is 2.26. The number of amides is 1. The van der Waals surface area contributed by atoms with Crippen molar-refractivity contribution < 1.29 is 4.79 Å². The minimum absolute atomic E-state index is 0.00316. The van der Waals surface area contributed by atoms with Crippen molar-refractivity contribution in [2.24, 2.45) is 0 Å². The molecule has 3 aromatic rings. The average molecular weight is 395 g/mol. The quantitative estimate of drug-likeness (QED) is 0.638. The van der Waals surface area contributed by atoms with E-state index in [4.69, 9.17) is 5.73 Å². The third-order valence-corrected chi connectivity index (χ3v) is 4.79. The Kier molecular flexibility index (Phi) is 6.11. The number of hydrogen-bond acceptors (Lipinski definition) is 5. The number of carbonyl (C=O) groups excluding carboxylic acids is 1. The molecule has 0 aliphatic heterocycles. The van der Waals surface area contributed by atoms with Crippen molar-refractivity contribution in [3.8, 4) is 0 Å². The van der Waals surface area contributed by atoms with Gasteiger partial charge in [-0.15, -0.1) is 0 Å². The van der Waals surface area contributed by atoms with E-state index >= 15 is 0 Å². The van der Waals surface area contributed by atoms with E-state index in [1.165, 1.54) is 9.47 Å². The standard InChI is InChI=1S/C21H25N5O3/c1-3-5-13-25(17-18(22)26(12-4-2)21(29)24-19(17)27)20(28)15-10-11-23-16-9-7-6-8-14(15)16/h6-11H,3-5,12-13,22H2,1-2H3,(H,24,27,29). The smallest absolute Gasteiger partial charge is 0.330 e. The summed E-state index contributed by atoms with van der Waals surface area (Å²) in [5.41, 5.74) is 6.10. The van der Waals surface area contributed by atoms with E-state index in [2.05, 4.69) is 9.97 Å². The van der Waals surface area contributed by atoms with Crippen LogP contribution in [0.3, 0.4) is 0 Å². The minimum Gasteiger partial charge on any atom is -0.383 e. The Morgan fingerprint density at radius 2 is 1.93 bits per heavy atom. The summed E-state index contributed by atoms with van der Waals surface area (Å²) in [6.07, 6.45) is 3.74. The molecule has 8 nitrogen and oxygen atoms in total. The zero-order valence-electron chi connectivity index (χ0n) is 16.6. The highest BCUT2D eigenvalue weighted by atomic mass is 16.2. The van der Waals surface area contributed by atoms with Crippen molar-refractivity contribution in [1.82, 2.24) is 14.5 Å². The number of nitrogen functional groups attached to an aromatic ring is 1. The fourth-order valence-corrected chi connectivity index (χ4v) is 3.34. The second-order valence-electron chi connectivity index (χ2n) is 6.83. The Balaban J connectivity index is 2.19. The third kappa shape index (κ3) is 3.91. The molecule has 0 saturated heterocycles. The van der Waals surface area contributed by atoms with Gasteiger partial charge in [-0.2, -0.15) is 0 Å². The van der Waals surface area contributed by atoms with Gasteiger partial charge in [0.2, 0.25) is 0 Å². The average Bonchev–Trinajstić information content (AvgIpc) is 2.72. The summed E-state index contributed by atoms with van der Waals surface area (Å²) < 4.78 is 1.30. The molecule has 1 aromatic carbocycles. The van der Waals surface area contributed by atoms with Crippen LogP contribution in [0.15, 0.2) is 46.1 Å². The van der Waals surface area contributed by atoms with Crippen LogP contribution in [0.5, 0.6) is 0 Å². The molecular weight excluding hydrogens is 370 g/mol. The van der Waals surface area contributed by atoms with Gasteiger partial charge in [0.25, 0.3) is 11.5 Å². The first-order chi connectivity index (χ1) is 14.0. The van der Waals surface area contributed by atoms with E-state index in [9.17, 15) is 14.4 Å². The number of H-pyrrole nitrogens is 1. The maximum absolute atomic E-state index is 13.5. The first-order valence-electron chi connectivity index (χ1n) is 9.77. The molecule has 1 amide bonds. The van der Waals surface area contributed by atoms with Crippen molar-refractivity contribution >= 4 is 28.3 Å². The number of benzene rings is 1. The molecule has 2 heterocycles. The normalized spacial score (nSPS) is 11.0. The lowest BCUT2D eigenvalue weighted by Crippen LogP contribution is -2.41. The van der Waals surface area contributed by atoms with Gasteiger partial charge in [0, 0.05) is 24.7 Å². The number of nitrogens with one attached hydrogen (secondary N) is 1. The molecule has 2 aromatic heterocycles. The molecule has 0 unspecified atom stereocenters. The first kappa shape index (κ1) is 20.3. The van der Waals surface area contributed by atoms with Crippen LogP contribution < -0.4 is 21.9 Å².